The van der Waals surface area contributed by atoms with Gasteiger partial charge < -0.3 is 19.5 Å². The summed E-state index contributed by atoms with van der Waals surface area (Å²) >= 11 is 0. The third-order valence-corrected chi connectivity index (χ3v) is 12.5. The Morgan fingerprint density at radius 2 is 1.76 bits per heavy atom. The van der Waals surface area contributed by atoms with Crippen LogP contribution in [0.1, 0.15) is 43.1 Å². The fraction of sp³-hybridized carbons (Fsp3) is 0.457. The molecule has 3 aliphatic heterocycles. The first-order chi connectivity index (χ1) is 30.2. The second-order valence-electron chi connectivity index (χ2n) is 14.4. The van der Waals surface area contributed by atoms with Crippen LogP contribution in [-0.4, -0.2) is 123 Å². The largest absolute Gasteiger partial charge is 0.475 e. The summed E-state index contributed by atoms with van der Waals surface area (Å²) in [5, 5.41) is 14.3. The number of imidazole rings is 2. The van der Waals surface area contributed by atoms with Crippen molar-refractivity contribution in [3.63, 3.8) is 0 Å². The van der Waals surface area contributed by atoms with Gasteiger partial charge in [-0.3, -0.25) is 47.4 Å². The van der Waals surface area contributed by atoms with E-state index in [2.05, 4.69) is 45.3 Å². The number of aromatic amines is 1. The smallest absolute Gasteiger partial charge is 0.376 e. The fourth-order valence-corrected chi connectivity index (χ4v) is 9.30. The Kier molecular flexibility index (Phi) is 12.5. The molecule has 8 rings (SSSR count). The lowest BCUT2D eigenvalue weighted by Crippen LogP contribution is -2.44. The van der Waals surface area contributed by atoms with E-state index in [-0.39, 0.29) is 40.5 Å². The molecule has 4 aromatic heterocycles. The number of carbonyl (C=O) groups excluding carboxylic acids is 2. The third kappa shape index (κ3) is 8.95. The van der Waals surface area contributed by atoms with E-state index in [0.717, 1.165) is 23.5 Å². The van der Waals surface area contributed by atoms with Crippen molar-refractivity contribution in [2.45, 2.75) is 69.4 Å². The zero-order valence-corrected chi connectivity index (χ0v) is 35.0. The molecule has 7 heterocycles. The van der Waals surface area contributed by atoms with Crippen LogP contribution in [0.5, 0.6) is 0 Å². The number of fused-ring (bicyclic) bond motifs is 5. The summed E-state index contributed by atoms with van der Waals surface area (Å²) in [7, 11) is -8.58. The van der Waals surface area contributed by atoms with Gasteiger partial charge in [0, 0.05) is 25.1 Å². The first kappa shape index (κ1) is 44.0. The molecule has 3 saturated heterocycles. The molecule has 2 bridgehead atoms. The van der Waals surface area contributed by atoms with Gasteiger partial charge in [-0.05, 0) is 12.1 Å². The number of halogens is 1. The van der Waals surface area contributed by atoms with Crippen LogP contribution in [0.2, 0.25) is 0 Å². The van der Waals surface area contributed by atoms with Gasteiger partial charge in [-0.1, -0.05) is 32.0 Å². The lowest BCUT2D eigenvalue weighted by molar-refractivity contribution is -0.118. The number of rotatable bonds is 10. The van der Waals surface area contributed by atoms with E-state index in [9.17, 15) is 32.6 Å². The van der Waals surface area contributed by atoms with E-state index in [1.807, 2.05) is 6.07 Å². The number of nitrogens with zero attached hydrogens (tertiary/aromatic N) is 8. The molecule has 5 aromatic rings. The van der Waals surface area contributed by atoms with Gasteiger partial charge in [0.2, 0.25) is 11.9 Å². The second kappa shape index (κ2) is 17.8. The van der Waals surface area contributed by atoms with Gasteiger partial charge in [-0.25, -0.2) is 33.1 Å². The summed E-state index contributed by atoms with van der Waals surface area (Å²) in [5.74, 6) is -1.71. The van der Waals surface area contributed by atoms with Crippen molar-refractivity contribution in [3.05, 3.63) is 65.2 Å². The van der Waals surface area contributed by atoms with Crippen LogP contribution in [0.4, 0.5) is 16.2 Å². The van der Waals surface area contributed by atoms with Crippen molar-refractivity contribution in [3.8, 4) is 6.07 Å². The maximum absolute atomic E-state index is 16.8. The van der Waals surface area contributed by atoms with Gasteiger partial charge >= 0.3 is 18.1 Å². The molecule has 3 fully saturated rings. The zero-order chi connectivity index (χ0) is 44.6. The summed E-state index contributed by atoms with van der Waals surface area (Å²) in [6.45, 7) is 1.27. The molecule has 3 aliphatic rings. The summed E-state index contributed by atoms with van der Waals surface area (Å²) in [6, 6.07) is 10.1. The van der Waals surface area contributed by atoms with E-state index in [1.54, 1.807) is 44.2 Å². The minimum atomic E-state index is -4.92. The molecule has 2 amide bonds. The molecule has 1 aromatic carbocycles. The molecule has 0 aliphatic carbocycles. The number of alkyl halides is 1. The number of phosphoric ester groups is 1. The number of nitriles is 1. The number of ether oxygens (including phenoxy) is 3. The van der Waals surface area contributed by atoms with E-state index >= 15 is 4.39 Å². The Labute approximate surface area is 355 Å². The number of carbonyl (C=O) groups is 2. The second-order valence-corrected chi connectivity index (χ2v) is 17.5. The monoisotopic (exact) mass is 916 g/mol. The van der Waals surface area contributed by atoms with Crippen molar-refractivity contribution in [1.29, 1.82) is 5.26 Å². The number of amides is 2. The molecule has 0 radical (unpaired) electrons. The first-order valence-corrected chi connectivity index (χ1v) is 22.0. The summed E-state index contributed by atoms with van der Waals surface area (Å²) in [5.41, 5.74) is -0.753. The molecule has 25 nitrogen and oxygen atoms in total. The maximum atomic E-state index is 16.8. The lowest BCUT2D eigenvalue weighted by atomic mass is 10.1. The van der Waals surface area contributed by atoms with Crippen molar-refractivity contribution in [2.75, 3.05) is 37.5 Å². The van der Waals surface area contributed by atoms with E-state index in [1.165, 1.54) is 11.7 Å². The van der Waals surface area contributed by atoms with Crippen LogP contribution < -0.4 is 20.9 Å². The van der Waals surface area contributed by atoms with Crippen LogP contribution >= 0.6 is 7.82 Å². The average molecular weight is 917 g/mol. The zero-order valence-electron chi connectivity index (χ0n) is 33.3. The average Bonchev–Trinajstić information content (AvgIpc) is 4.03. The highest BCUT2D eigenvalue weighted by Gasteiger charge is 2.54. The molecule has 63 heavy (non-hydrogen) atoms. The highest BCUT2D eigenvalue weighted by Crippen LogP contribution is 2.54. The summed E-state index contributed by atoms with van der Waals surface area (Å²) < 4.78 is 104. The molecule has 9 atom stereocenters. The van der Waals surface area contributed by atoms with E-state index < -0.39 is 110 Å². The number of phosphoric acid groups is 1. The van der Waals surface area contributed by atoms with Crippen LogP contribution in [0.3, 0.4) is 0 Å². The molecule has 28 heteroatoms. The van der Waals surface area contributed by atoms with Gasteiger partial charge in [0.05, 0.1) is 38.4 Å². The number of aromatic nitrogens is 8. The normalized spacial score (nSPS) is 28.4. The topological polar surface area (TPSA) is 317 Å². The number of methoxy groups -OCH3 is 1. The highest BCUT2D eigenvalue weighted by atomic mass is 32.2. The van der Waals surface area contributed by atoms with Crippen LogP contribution in [0.15, 0.2) is 54.1 Å². The molecule has 0 saturated carbocycles. The quantitative estimate of drug-likeness (QED) is 0.114. The predicted octanol–water partition coefficient (Wildman–Crippen LogP) is 1.63. The van der Waals surface area contributed by atoms with Crippen LogP contribution in [0, 0.1) is 17.2 Å². The predicted molar refractivity (Wildman–Crippen MR) is 211 cm³/mol. The van der Waals surface area contributed by atoms with Gasteiger partial charge in [0.1, 0.15) is 30.7 Å². The third-order valence-electron chi connectivity index (χ3n) is 10.0. The van der Waals surface area contributed by atoms with E-state index in [0.29, 0.717) is 5.56 Å². The Balaban J connectivity index is 1.11. The molecule has 1 unspecified atom stereocenters. The summed E-state index contributed by atoms with van der Waals surface area (Å²) in [4.78, 5) is 61.8. The fourth-order valence-electron chi connectivity index (χ4n) is 6.97. The van der Waals surface area contributed by atoms with Gasteiger partial charge in [0.15, 0.2) is 52.9 Å². The maximum Gasteiger partial charge on any atom is 0.475 e. The van der Waals surface area contributed by atoms with Crippen LogP contribution in [0.25, 0.3) is 22.3 Å². The number of H-pyrrole nitrogens is 1. The van der Waals surface area contributed by atoms with Crippen molar-refractivity contribution < 1.29 is 58.9 Å². The Morgan fingerprint density at radius 1 is 1.03 bits per heavy atom. The minimum Gasteiger partial charge on any atom is -0.376 e. The van der Waals surface area contributed by atoms with E-state index in [4.69, 9.17) is 32.0 Å². The molecule has 4 N–H and O–H groups in total. The highest BCUT2D eigenvalue weighted by molar-refractivity contribution is 7.84. The number of benzene rings is 1. The summed E-state index contributed by atoms with van der Waals surface area (Å²) in [6.07, 6.45) is -10.0. The van der Waals surface area contributed by atoms with Crippen molar-refractivity contribution >= 4 is 64.0 Å². The SMILES string of the molecule is CO[C@H]1[C@H]2OS(=O)(=O)NC[C@H]3O[C@@H](n4cnc5c(NC(=O)c6ccccc6)ncnc54)[C@H](F)[C@@H]3OP(=O)(OCCC#N)OC[C@H]1O[C@H]2n1cnc2c(=O)[nH]c(NC(=O)C(C)C)nc21. The molecule has 334 valence electrons. The minimum absolute atomic E-state index is 0.00765. The Morgan fingerprint density at radius 3 is 2.49 bits per heavy atom. The Bertz CT molecular complexity index is 2790. The first-order valence-electron chi connectivity index (χ1n) is 19.1. The Hall–Kier alpha value is -5.66. The number of nitrogens with one attached hydrogen (secondary N) is 4. The molecular formula is C35H38FN12O13PS. The molecule has 0 spiro atoms. The van der Waals surface area contributed by atoms with Crippen molar-refractivity contribution in [1.82, 2.24) is 43.8 Å². The van der Waals surface area contributed by atoms with Gasteiger partial charge in [0.25, 0.3) is 11.5 Å². The standard InChI is InChI=1S/C35H38FN12O13PS/c1-17(2)30(49)45-35-44-29-23(32(51)46-35)41-16-48(29)34-26-25(55-3)20(59-34)13-57-62(52,56-11-7-10-37)60-24-19(12-42-63(53,54)61-26)58-33(21(24)36)47-15-40-22-27(38-14-39-28(22)47)43-31(50)18-8-5-4-6-9-18/h4-6,8-9,14-17,19-21,24-26,33-34,42H,7,11-13H2,1-3H3,(H,38,39,43,50)(H2,44,45,46,49,51)/t19-,20-,21-,24-,25-,26-,33-,34-,62?/m1/s1. The number of hydrogen-bond donors (Lipinski definition) is 4. The van der Waals surface area contributed by atoms with Gasteiger partial charge in [-0.15, -0.1) is 0 Å². The molecular weight excluding hydrogens is 878 g/mol. The van der Waals surface area contributed by atoms with Gasteiger partial charge in [-0.2, -0.15) is 23.4 Å². The lowest BCUT2D eigenvalue weighted by Gasteiger charge is -2.26. The number of hydrogen-bond acceptors (Lipinski definition) is 19. The number of anilines is 2. The van der Waals surface area contributed by atoms with Crippen molar-refractivity contribution in [2.24, 2.45) is 5.92 Å². The van der Waals surface area contributed by atoms with Crippen LogP contribution in [-0.2, 0) is 51.6 Å².